The first-order valence-corrected chi connectivity index (χ1v) is 6.84. The molecule has 0 N–H and O–H groups in total. The number of fused-ring (bicyclic) bond motifs is 1. The Kier molecular flexibility index (Phi) is 1.97. The van der Waals surface area contributed by atoms with Crippen molar-refractivity contribution in [3.05, 3.63) is 28.8 Å². The van der Waals surface area contributed by atoms with Crippen LogP contribution in [0.25, 0.3) is 0 Å². The maximum atomic E-state index is 11.6. The molecule has 0 spiro atoms. The average molecular weight is 228 g/mol. The second-order valence-electron chi connectivity index (χ2n) is 3.21. The van der Waals surface area contributed by atoms with Gasteiger partial charge in [0.2, 0.25) is 14.0 Å². The lowest BCUT2D eigenvalue weighted by molar-refractivity contribution is 0.108. The van der Waals surface area contributed by atoms with Crippen molar-refractivity contribution in [1.82, 2.24) is 0 Å². The van der Waals surface area contributed by atoms with Gasteiger partial charge in [-0.3, -0.25) is 4.79 Å². The molecule has 2 rings (SSSR count). The molecule has 0 radical (unpaired) electrons. The zero-order valence-electron chi connectivity index (χ0n) is 7.70. The number of carbonyl (C=O) groups is 1. The quantitative estimate of drug-likeness (QED) is 0.636. The fourth-order valence-electron chi connectivity index (χ4n) is 1.46. The van der Waals surface area contributed by atoms with Crippen molar-refractivity contribution in [2.75, 3.05) is 0 Å². The maximum Gasteiger partial charge on any atom is 0.238 e. The summed E-state index contributed by atoms with van der Waals surface area (Å²) in [5.41, 5.74) is 1.89. The van der Waals surface area contributed by atoms with Crippen LogP contribution in [-0.2, 0) is 8.87 Å². The van der Waals surface area contributed by atoms with Crippen LogP contribution in [-0.4, -0.2) is 13.5 Å². The van der Waals surface area contributed by atoms with Gasteiger partial charge in [-0.1, -0.05) is 6.07 Å². The van der Waals surface area contributed by atoms with Crippen molar-refractivity contribution in [3.8, 4) is 0 Å². The van der Waals surface area contributed by atoms with E-state index >= 15 is 0 Å². The summed E-state index contributed by atoms with van der Waals surface area (Å²) in [5, 5.41) is -0.372. The molecule has 5 heteroatoms. The number of benzene rings is 1. The second-order valence-corrected chi connectivity index (χ2v) is 6.88. The normalized spacial score (nSPS) is 18.3. The molecule has 0 saturated heterocycles. The van der Waals surface area contributed by atoms with Crippen LogP contribution in [0.1, 0.15) is 21.5 Å². The van der Waals surface area contributed by atoms with Crippen LogP contribution >= 0.6 is 10.8 Å². The Hall–Kier alpha value is -0.810. The Balaban J connectivity index is 2.91. The Bertz CT molecular complexity index is 529. The third kappa shape index (κ3) is 1.19. The van der Waals surface area contributed by atoms with E-state index in [1.165, 1.54) is 0 Å². The van der Waals surface area contributed by atoms with Gasteiger partial charge in [0, 0.05) is 5.56 Å². The Morgan fingerprint density at radius 2 is 1.86 bits per heavy atom. The highest BCUT2D eigenvalue weighted by Gasteiger charge is 2.36. The SMILES string of the molecule is Cc1ccc2c(c1C)S(=O)(=O)SC2=O. The van der Waals surface area contributed by atoms with E-state index in [0.29, 0.717) is 21.9 Å². The van der Waals surface area contributed by atoms with Crippen LogP contribution in [0.3, 0.4) is 0 Å². The molecule has 1 aromatic carbocycles. The minimum atomic E-state index is -3.44. The van der Waals surface area contributed by atoms with Crippen molar-refractivity contribution in [1.29, 1.82) is 0 Å². The van der Waals surface area contributed by atoms with Gasteiger partial charge in [-0.25, -0.2) is 8.42 Å². The molecule has 1 aromatic rings. The molecule has 0 unspecified atom stereocenters. The molecular formula is C9H8O3S2. The van der Waals surface area contributed by atoms with E-state index in [9.17, 15) is 13.2 Å². The summed E-state index contributed by atoms with van der Waals surface area (Å²) < 4.78 is 23.2. The third-order valence-electron chi connectivity index (χ3n) is 2.33. The molecule has 3 nitrogen and oxygen atoms in total. The molecule has 74 valence electrons. The van der Waals surface area contributed by atoms with Gasteiger partial charge < -0.3 is 0 Å². The predicted octanol–water partition coefficient (Wildman–Crippen LogP) is 1.88. The standard InChI is InChI=1S/C9H8O3S2/c1-5-3-4-7-8(6(5)2)14(11,12)13-9(7)10/h3-4H,1-2H3. The lowest BCUT2D eigenvalue weighted by Gasteiger charge is -2.03. The number of hydrogen-bond donors (Lipinski definition) is 0. The monoisotopic (exact) mass is 228 g/mol. The fourth-order valence-corrected chi connectivity index (χ4v) is 4.79. The van der Waals surface area contributed by atoms with E-state index in [0.717, 1.165) is 5.56 Å². The summed E-state index contributed by atoms with van der Waals surface area (Å²) in [4.78, 5) is 11.5. The first-order valence-electron chi connectivity index (χ1n) is 4.02. The minimum Gasteiger partial charge on any atom is -0.280 e. The van der Waals surface area contributed by atoms with Gasteiger partial charge in [-0.2, -0.15) is 0 Å². The molecule has 0 amide bonds. The highest BCUT2D eigenvalue weighted by atomic mass is 33.1. The van der Waals surface area contributed by atoms with E-state index in [-0.39, 0.29) is 10.0 Å². The molecule has 0 atom stereocenters. The molecule has 14 heavy (non-hydrogen) atoms. The molecule has 0 saturated carbocycles. The second kappa shape index (κ2) is 2.84. The van der Waals surface area contributed by atoms with Gasteiger partial charge in [0.25, 0.3) is 0 Å². The van der Waals surface area contributed by atoms with Gasteiger partial charge in [0.1, 0.15) is 0 Å². The maximum absolute atomic E-state index is 11.6. The number of hydrogen-bond acceptors (Lipinski definition) is 4. The van der Waals surface area contributed by atoms with Gasteiger partial charge in [-0.15, -0.1) is 0 Å². The van der Waals surface area contributed by atoms with Crippen molar-refractivity contribution in [3.63, 3.8) is 0 Å². The Morgan fingerprint density at radius 3 is 2.50 bits per heavy atom. The smallest absolute Gasteiger partial charge is 0.238 e. The number of carbonyl (C=O) groups excluding carboxylic acids is 1. The van der Waals surface area contributed by atoms with E-state index in [2.05, 4.69) is 0 Å². The Morgan fingerprint density at radius 1 is 1.21 bits per heavy atom. The molecule has 1 aliphatic heterocycles. The lowest BCUT2D eigenvalue weighted by atomic mass is 10.1. The molecular weight excluding hydrogens is 220 g/mol. The van der Waals surface area contributed by atoms with Gasteiger partial charge >= 0.3 is 0 Å². The van der Waals surface area contributed by atoms with Crippen LogP contribution in [0.4, 0.5) is 0 Å². The summed E-state index contributed by atoms with van der Waals surface area (Å²) in [5.74, 6) is 0. The summed E-state index contributed by atoms with van der Waals surface area (Å²) in [6.07, 6.45) is 0. The van der Waals surface area contributed by atoms with Crippen molar-refractivity contribution in [2.45, 2.75) is 18.7 Å². The summed E-state index contributed by atoms with van der Waals surface area (Å²) in [6, 6.07) is 3.35. The molecule has 1 aliphatic rings. The highest BCUT2D eigenvalue weighted by Crippen LogP contribution is 2.40. The fraction of sp³-hybridized carbons (Fsp3) is 0.222. The van der Waals surface area contributed by atoms with Crippen LogP contribution in [0.5, 0.6) is 0 Å². The molecule has 0 aromatic heterocycles. The average Bonchev–Trinajstić information content (AvgIpc) is 2.29. The van der Waals surface area contributed by atoms with Gasteiger partial charge in [0.05, 0.1) is 15.7 Å². The van der Waals surface area contributed by atoms with Crippen LogP contribution in [0.15, 0.2) is 17.0 Å². The highest BCUT2D eigenvalue weighted by molar-refractivity contribution is 8.78. The zero-order valence-corrected chi connectivity index (χ0v) is 9.33. The van der Waals surface area contributed by atoms with Crippen molar-refractivity contribution >= 4 is 24.8 Å². The molecule has 1 heterocycles. The summed E-state index contributed by atoms with van der Waals surface area (Å²) in [7, 11) is -3.03. The van der Waals surface area contributed by atoms with E-state index in [1.807, 2.05) is 6.92 Å². The van der Waals surface area contributed by atoms with E-state index < -0.39 is 8.87 Å². The largest absolute Gasteiger partial charge is 0.280 e. The Labute approximate surface area is 85.8 Å². The van der Waals surface area contributed by atoms with Crippen molar-refractivity contribution < 1.29 is 13.2 Å². The van der Waals surface area contributed by atoms with Crippen molar-refractivity contribution in [2.24, 2.45) is 0 Å². The number of rotatable bonds is 0. The van der Waals surface area contributed by atoms with E-state index in [1.54, 1.807) is 19.1 Å². The first-order chi connectivity index (χ1) is 6.43. The minimum absolute atomic E-state index is 0.201. The summed E-state index contributed by atoms with van der Waals surface area (Å²) >= 11 is 0. The van der Waals surface area contributed by atoms with Gasteiger partial charge in [0.15, 0.2) is 0 Å². The van der Waals surface area contributed by atoms with Crippen LogP contribution in [0.2, 0.25) is 0 Å². The topological polar surface area (TPSA) is 51.2 Å². The molecule has 0 fully saturated rings. The zero-order chi connectivity index (χ0) is 10.5. The first kappa shape index (κ1) is 9.73. The molecule has 0 bridgehead atoms. The van der Waals surface area contributed by atoms with Gasteiger partial charge in [-0.05, 0) is 31.0 Å². The summed E-state index contributed by atoms with van der Waals surface area (Å²) in [6.45, 7) is 3.56. The lowest BCUT2D eigenvalue weighted by Crippen LogP contribution is -1.96. The predicted molar refractivity (Wildman–Crippen MR) is 55.0 cm³/mol. The third-order valence-corrected chi connectivity index (χ3v) is 5.56. The van der Waals surface area contributed by atoms with Crippen LogP contribution in [0, 0.1) is 13.8 Å². The van der Waals surface area contributed by atoms with E-state index in [4.69, 9.17) is 0 Å². The van der Waals surface area contributed by atoms with Crippen LogP contribution < -0.4 is 0 Å². The molecule has 0 aliphatic carbocycles. The number of aryl methyl sites for hydroxylation is 1.